The van der Waals surface area contributed by atoms with Gasteiger partial charge >= 0.3 is 0 Å². The van der Waals surface area contributed by atoms with Crippen molar-refractivity contribution in [3.05, 3.63) is 54.0 Å². The molecule has 1 aliphatic rings. The molecule has 1 aliphatic carbocycles. The quantitative estimate of drug-likeness (QED) is 0.867. The Morgan fingerprint density at radius 1 is 1.12 bits per heavy atom. The fraction of sp³-hybridized carbons (Fsp3) is 0.368. The first-order valence-corrected chi connectivity index (χ1v) is 8.46. The van der Waals surface area contributed by atoms with Crippen LogP contribution in [-0.2, 0) is 11.2 Å². The molecule has 5 heteroatoms. The van der Waals surface area contributed by atoms with Crippen LogP contribution in [0.1, 0.15) is 37.7 Å². The highest BCUT2D eigenvalue weighted by Crippen LogP contribution is 2.21. The van der Waals surface area contributed by atoms with Gasteiger partial charge in [-0.15, -0.1) is 0 Å². The second kappa shape index (κ2) is 7.90. The van der Waals surface area contributed by atoms with Crippen molar-refractivity contribution in [1.29, 1.82) is 0 Å². The molecule has 0 aliphatic heterocycles. The second-order valence-corrected chi connectivity index (χ2v) is 6.23. The van der Waals surface area contributed by atoms with Crippen LogP contribution in [0, 0.1) is 5.82 Å². The molecule has 0 spiro atoms. The maximum Gasteiger partial charge on any atom is 0.230 e. The molecule has 4 nitrogen and oxygen atoms in total. The molecule has 0 radical (unpaired) electrons. The molecule has 2 aromatic rings. The summed E-state index contributed by atoms with van der Waals surface area (Å²) in [4.78, 5) is 16.3. The van der Waals surface area contributed by atoms with Crippen LogP contribution < -0.4 is 10.6 Å². The molecule has 1 saturated carbocycles. The number of nitrogens with zero attached hydrogens (tertiary/aromatic N) is 1. The van der Waals surface area contributed by atoms with Gasteiger partial charge in [0.25, 0.3) is 0 Å². The number of carbonyl (C=O) groups is 1. The molecule has 1 amide bonds. The molecule has 0 unspecified atom stereocenters. The number of aromatic nitrogens is 1. The Hall–Kier alpha value is -2.43. The number of nitrogens with one attached hydrogen (secondary N) is 2. The Morgan fingerprint density at radius 3 is 2.62 bits per heavy atom. The van der Waals surface area contributed by atoms with Crippen molar-refractivity contribution in [2.75, 3.05) is 10.6 Å². The van der Waals surface area contributed by atoms with Crippen molar-refractivity contribution in [3.8, 4) is 0 Å². The molecule has 24 heavy (non-hydrogen) atoms. The van der Waals surface area contributed by atoms with Gasteiger partial charge in [-0.05, 0) is 36.6 Å². The average molecular weight is 327 g/mol. The van der Waals surface area contributed by atoms with E-state index in [2.05, 4.69) is 15.6 Å². The lowest BCUT2D eigenvalue weighted by Crippen LogP contribution is -2.22. The van der Waals surface area contributed by atoms with Gasteiger partial charge in [-0.1, -0.05) is 37.5 Å². The van der Waals surface area contributed by atoms with Gasteiger partial charge in [0, 0.05) is 6.04 Å². The van der Waals surface area contributed by atoms with Gasteiger partial charge in [0.2, 0.25) is 5.91 Å². The topological polar surface area (TPSA) is 54.0 Å². The van der Waals surface area contributed by atoms with Crippen molar-refractivity contribution >= 4 is 17.4 Å². The van der Waals surface area contributed by atoms with E-state index in [9.17, 15) is 9.18 Å². The first-order valence-electron chi connectivity index (χ1n) is 8.46. The Kier molecular flexibility index (Phi) is 5.41. The smallest absolute Gasteiger partial charge is 0.230 e. The van der Waals surface area contributed by atoms with Crippen LogP contribution in [0.3, 0.4) is 0 Å². The number of rotatable bonds is 5. The zero-order valence-corrected chi connectivity index (χ0v) is 13.6. The molecule has 1 aromatic heterocycles. The summed E-state index contributed by atoms with van der Waals surface area (Å²) in [5.41, 5.74) is 1.35. The molecule has 0 saturated heterocycles. The molecule has 126 valence electrons. The van der Waals surface area contributed by atoms with E-state index in [0.717, 1.165) is 5.69 Å². The highest BCUT2D eigenvalue weighted by molar-refractivity contribution is 5.91. The van der Waals surface area contributed by atoms with E-state index >= 15 is 0 Å². The minimum Gasteiger partial charge on any atom is -0.381 e. The van der Waals surface area contributed by atoms with Crippen molar-refractivity contribution in [2.24, 2.45) is 0 Å². The third-order valence-electron chi connectivity index (χ3n) is 4.32. The minimum absolute atomic E-state index is 0.00354. The van der Waals surface area contributed by atoms with Crippen molar-refractivity contribution in [1.82, 2.24) is 4.98 Å². The third kappa shape index (κ3) is 4.54. The lowest BCUT2D eigenvalue weighted by Gasteiger charge is -2.23. The molecule has 3 rings (SSSR count). The summed E-state index contributed by atoms with van der Waals surface area (Å²) in [5.74, 6) is -0.168. The molecule has 1 heterocycles. The molecule has 0 atom stereocenters. The number of benzene rings is 1. The predicted octanol–water partition coefficient (Wildman–Crippen LogP) is 4.15. The lowest BCUT2D eigenvalue weighted by molar-refractivity contribution is -0.115. The van der Waals surface area contributed by atoms with Crippen molar-refractivity contribution < 1.29 is 9.18 Å². The van der Waals surface area contributed by atoms with Crippen LogP contribution in [0.4, 0.5) is 15.9 Å². The second-order valence-electron chi connectivity index (χ2n) is 6.23. The monoisotopic (exact) mass is 327 g/mol. The largest absolute Gasteiger partial charge is 0.381 e. The van der Waals surface area contributed by atoms with Gasteiger partial charge in [0.15, 0.2) is 0 Å². The number of anilines is 2. The van der Waals surface area contributed by atoms with Gasteiger partial charge in [0.05, 0.1) is 18.3 Å². The fourth-order valence-corrected chi connectivity index (χ4v) is 3.04. The first kappa shape index (κ1) is 16.4. The third-order valence-corrected chi connectivity index (χ3v) is 4.32. The lowest BCUT2D eigenvalue weighted by atomic mass is 9.95. The van der Waals surface area contributed by atoms with Crippen LogP contribution in [0.25, 0.3) is 0 Å². The summed E-state index contributed by atoms with van der Waals surface area (Å²) in [7, 11) is 0. The Bertz CT molecular complexity index is 681. The SMILES string of the molecule is O=C(Cc1ccccc1F)Nc1ccc(NC2CCCCC2)cn1. The van der Waals surface area contributed by atoms with E-state index in [4.69, 9.17) is 0 Å². The summed E-state index contributed by atoms with van der Waals surface area (Å²) in [6, 6.07) is 10.5. The number of pyridine rings is 1. The number of amides is 1. The van der Waals surface area contributed by atoms with Crippen LogP contribution in [-0.4, -0.2) is 16.9 Å². The zero-order valence-electron chi connectivity index (χ0n) is 13.6. The summed E-state index contributed by atoms with van der Waals surface area (Å²) < 4.78 is 13.6. The molecular weight excluding hydrogens is 305 g/mol. The van der Waals surface area contributed by atoms with Crippen LogP contribution >= 0.6 is 0 Å². The fourth-order valence-electron chi connectivity index (χ4n) is 3.04. The van der Waals surface area contributed by atoms with E-state index in [-0.39, 0.29) is 18.1 Å². The molecular formula is C19H22FN3O. The molecule has 2 N–H and O–H groups in total. The highest BCUT2D eigenvalue weighted by atomic mass is 19.1. The van der Waals surface area contributed by atoms with Crippen LogP contribution in [0.5, 0.6) is 0 Å². The van der Waals surface area contributed by atoms with Gasteiger partial charge in [-0.25, -0.2) is 9.37 Å². The zero-order chi connectivity index (χ0) is 16.8. The van der Waals surface area contributed by atoms with Crippen molar-refractivity contribution in [3.63, 3.8) is 0 Å². The van der Waals surface area contributed by atoms with Gasteiger partial charge in [-0.3, -0.25) is 4.79 Å². The highest BCUT2D eigenvalue weighted by Gasteiger charge is 2.13. The van der Waals surface area contributed by atoms with Gasteiger partial charge in [-0.2, -0.15) is 0 Å². The van der Waals surface area contributed by atoms with Gasteiger partial charge < -0.3 is 10.6 Å². The minimum atomic E-state index is -0.368. The Balaban J connectivity index is 1.53. The van der Waals surface area contributed by atoms with E-state index in [1.165, 1.54) is 38.2 Å². The van der Waals surface area contributed by atoms with Crippen LogP contribution in [0.15, 0.2) is 42.6 Å². The van der Waals surface area contributed by atoms with Gasteiger partial charge in [0.1, 0.15) is 11.6 Å². The van der Waals surface area contributed by atoms with E-state index in [0.29, 0.717) is 17.4 Å². The number of hydrogen-bond donors (Lipinski definition) is 2. The molecule has 0 bridgehead atoms. The summed E-state index contributed by atoms with van der Waals surface area (Å²) in [6.07, 6.45) is 7.99. The molecule has 1 aromatic carbocycles. The maximum absolute atomic E-state index is 13.6. The molecule has 1 fully saturated rings. The average Bonchev–Trinajstić information content (AvgIpc) is 2.60. The van der Waals surface area contributed by atoms with E-state index in [1.807, 2.05) is 6.07 Å². The number of hydrogen-bond acceptors (Lipinski definition) is 3. The predicted molar refractivity (Wildman–Crippen MR) is 93.5 cm³/mol. The number of halogens is 1. The standard InChI is InChI=1S/C19H22FN3O/c20-17-9-5-4-6-14(17)12-19(24)23-18-11-10-16(13-21-18)22-15-7-2-1-3-8-15/h4-6,9-11,13,15,22H,1-3,7-8,12H2,(H,21,23,24). The first-order chi connectivity index (χ1) is 11.7. The summed E-state index contributed by atoms with van der Waals surface area (Å²) >= 11 is 0. The number of carbonyl (C=O) groups excluding carboxylic acids is 1. The van der Waals surface area contributed by atoms with Crippen molar-refractivity contribution in [2.45, 2.75) is 44.6 Å². The van der Waals surface area contributed by atoms with E-state index in [1.54, 1.807) is 30.5 Å². The normalized spacial score (nSPS) is 15.0. The maximum atomic E-state index is 13.6. The summed E-state index contributed by atoms with van der Waals surface area (Å²) in [5, 5.41) is 6.19. The van der Waals surface area contributed by atoms with Crippen LogP contribution in [0.2, 0.25) is 0 Å². The Morgan fingerprint density at radius 2 is 1.92 bits per heavy atom. The Labute approximate surface area is 141 Å². The van der Waals surface area contributed by atoms with E-state index < -0.39 is 0 Å². The summed E-state index contributed by atoms with van der Waals surface area (Å²) in [6.45, 7) is 0.